The van der Waals surface area contributed by atoms with Gasteiger partial charge in [-0.2, -0.15) is 5.10 Å². The van der Waals surface area contributed by atoms with Crippen LogP contribution in [-0.4, -0.2) is 9.78 Å². The second kappa shape index (κ2) is 5.25. The minimum atomic E-state index is 0.466. The standard InChI is InChI=1S/C15H20N2O/c1-11(2)15-12(3)17(4)16-14(15)10-18-13-8-6-5-7-9-13/h5-9,11H,10H2,1-4H3. The maximum atomic E-state index is 5.78. The van der Waals surface area contributed by atoms with Gasteiger partial charge in [0.1, 0.15) is 18.1 Å². The highest BCUT2D eigenvalue weighted by Crippen LogP contribution is 2.23. The molecule has 0 unspecified atom stereocenters. The molecule has 3 nitrogen and oxygen atoms in total. The van der Waals surface area contributed by atoms with Crippen LogP contribution in [0.5, 0.6) is 5.75 Å². The van der Waals surface area contributed by atoms with Gasteiger partial charge in [0, 0.05) is 18.3 Å². The topological polar surface area (TPSA) is 27.1 Å². The summed E-state index contributed by atoms with van der Waals surface area (Å²) < 4.78 is 7.70. The van der Waals surface area contributed by atoms with E-state index in [0.717, 1.165) is 11.4 Å². The lowest BCUT2D eigenvalue weighted by Crippen LogP contribution is -2.01. The molecule has 0 atom stereocenters. The van der Waals surface area contributed by atoms with E-state index in [4.69, 9.17) is 4.74 Å². The molecule has 0 aliphatic carbocycles. The SMILES string of the molecule is Cc1c(C(C)C)c(COc2ccccc2)nn1C. The second-order valence-electron chi connectivity index (χ2n) is 4.83. The Hall–Kier alpha value is -1.77. The first-order chi connectivity index (χ1) is 8.59. The van der Waals surface area contributed by atoms with Crippen molar-refractivity contribution in [1.29, 1.82) is 0 Å². The molecule has 2 rings (SSSR count). The van der Waals surface area contributed by atoms with Crippen LogP contribution in [0.1, 0.15) is 36.7 Å². The summed E-state index contributed by atoms with van der Waals surface area (Å²) in [5, 5.41) is 4.54. The van der Waals surface area contributed by atoms with Crippen molar-refractivity contribution >= 4 is 0 Å². The number of nitrogens with zero attached hydrogens (tertiary/aromatic N) is 2. The van der Waals surface area contributed by atoms with E-state index in [0.29, 0.717) is 12.5 Å². The molecule has 0 aliphatic rings. The molecule has 0 saturated heterocycles. The van der Waals surface area contributed by atoms with Crippen LogP contribution in [0.4, 0.5) is 0 Å². The largest absolute Gasteiger partial charge is 0.487 e. The summed E-state index contributed by atoms with van der Waals surface area (Å²) >= 11 is 0. The highest BCUT2D eigenvalue weighted by atomic mass is 16.5. The summed E-state index contributed by atoms with van der Waals surface area (Å²) in [6.07, 6.45) is 0. The Bertz CT molecular complexity index is 515. The molecule has 0 amide bonds. The number of rotatable bonds is 4. The number of aromatic nitrogens is 2. The lowest BCUT2D eigenvalue weighted by atomic mass is 10.0. The second-order valence-corrected chi connectivity index (χ2v) is 4.83. The fraction of sp³-hybridized carbons (Fsp3) is 0.400. The molecule has 0 radical (unpaired) electrons. The molecule has 0 bridgehead atoms. The molecule has 0 N–H and O–H groups in total. The van der Waals surface area contributed by atoms with Crippen LogP contribution in [0.3, 0.4) is 0 Å². The summed E-state index contributed by atoms with van der Waals surface area (Å²) in [6, 6.07) is 9.86. The van der Waals surface area contributed by atoms with Crippen molar-refractivity contribution in [3.8, 4) is 5.75 Å². The first-order valence-electron chi connectivity index (χ1n) is 6.29. The number of benzene rings is 1. The van der Waals surface area contributed by atoms with Gasteiger partial charge in [-0.05, 0) is 25.0 Å². The third-order valence-electron chi connectivity index (χ3n) is 3.15. The lowest BCUT2D eigenvalue weighted by molar-refractivity contribution is 0.298. The Kier molecular flexibility index (Phi) is 3.70. The Morgan fingerprint density at radius 2 is 1.89 bits per heavy atom. The van der Waals surface area contributed by atoms with E-state index in [9.17, 15) is 0 Å². The lowest BCUT2D eigenvalue weighted by Gasteiger charge is -2.09. The third kappa shape index (κ3) is 2.55. The molecule has 0 spiro atoms. The van der Waals surface area contributed by atoms with E-state index in [1.165, 1.54) is 11.3 Å². The van der Waals surface area contributed by atoms with Crippen LogP contribution in [-0.2, 0) is 13.7 Å². The normalized spacial score (nSPS) is 10.9. The average molecular weight is 244 g/mol. The minimum Gasteiger partial charge on any atom is -0.487 e. The van der Waals surface area contributed by atoms with E-state index >= 15 is 0 Å². The van der Waals surface area contributed by atoms with Crippen LogP contribution in [0, 0.1) is 6.92 Å². The Labute approximate surface area is 108 Å². The van der Waals surface area contributed by atoms with Crippen LogP contribution in [0.25, 0.3) is 0 Å². The first kappa shape index (κ1) is 12.7. The summed E-state index contributed by atoms with van der Waals surface area (Å²) in [5.41, 5.74) is 3.55. The number of hydrogen-bond donors (Lipinski definition) is 0. The fourth-order valence-corrected chi connectivity index (χ4v) is 2.22. The van der Waals surface area contributed by atoms with E-state index in [1.807, 2.05) is 42.1 Å². The van der Waals surface area contributed by atoms with Crippen molar-refractivity contribution < 1.29 is 4.74 Å². The Balaban J connectivity index is 2.17. The molecule has 1 heterocycles. The zero-order valence-corrected chi connectivity index (χ0v) is 11.5. The molecular weight excluding hydrogens is 224 g/mol. The van der Waals surface area contributed by atoms with Crippen LogP contribution in [0.2, 0.25) is 0 Å². The summed E-state index contributed by atoms with van der Waals surface area (Å²) in [6.45, 7) is 7.01. The van der Waals surface area contributed by atoms with Crippen molar-refractivity contribution in [1.82, 2.24) is 9.78 Å². The van der Waals surface area contributed by atoms with Gasteiger partial charge in [0.25, 0.3) is 0 Å². The van der Waals surface area contributed by atoms with Gasteiger partial charge in [-0.3, -0.25) is 4.68 Å². The van der Waals surface area contributed by atoms with Crippen molar-refractivity contribution in [3.63, 3.8) is 0 Å². The predicted molar refractivity (Wildman–Crippen MR) is 72.8 cm³/mol. The van der Waals surface area contributed by atoms with Crippen molar-refractivity contribution in [3.05, 3.63) is 47.3 Å². The van der Waals surface area contributed by atoms with Crippen LogP contribution in [0.15, 0.2) is 30.3 Å². The van der Waals surface area contributed by atoms with Gasteiger partial charge in [0.15, 0.2) is 0 Å². The van der Waals surface area contributed by atoms with Crippen LogP contribution < -0.4 is 4.74 Å². The molecule has 18 heavy (non-hydrogen) atoms. The van der Waals surface area contributed by atoms with E-state index in [-0.39, 0.29) is 0 Å². The van der Waals surface area contributed by atoms with Gasteiger partial charge < -0.3 is 4.74 Å². The predicted octanol–water partition coefficient (Wildman–Crippen LogP) is 3.43. The quantitative estimate of drug-likeness (QED) is 0.824. The molecular formula is C15H20N2O. The first-order valence-corrected chi connectivity index (χ1v) is 6.29. The van der Waals surface area contributed by atoms with Gasteiger partial charge in [-0.1, -0.05) is 32.0 Å². The molecule has 1 aromatic carbocycles. The monoisotopic (exact) mass is 244 g/mol. The summed E-state index contributed by atoms with van der Waals surface area (Å²) in [7, 11) is 1.98. The van der Waals surface area contributed by atoms with Gasteiger partial charge in [-0.15, -0.1) is 0 Å². The van der Waals surface area contributed by atoms with Crippen molar-refractivity contribution in [2.24, 2.45) is 7.05 Å². The Morgan fingerprint density at radius 3 is 2.50 bits per heavy atom. The van der Waals surface area contributed by atoms with E-state index in [1.54, 1.807) is 0 Å². The Morgan fingerprint density at radius 1 is 1.22 bits per heavy atom. The van der Waals surface area contributed by atoms with Crippen molar-refractivity contribution in [2.75, 3.05) is 0 Å². The molecule has 0 saturated carbocycles. The third-order valence-corrected chi connectivity index (χ3v) is 3.15. The summed E-state index contributed by atoms with van der Waals surface area (Å²) in [4.78, 5) is 0. The minimum absolute atomic E-state index is 0.466. The molecule has 2 aromatic rings. The smallest absolute Gasteiger partial charge is 0.132 e. The van der Waals surface area contributed by atoms with Gasteiger partial charge in [-0.25, -0.2) is 0 Å². The maximum absolute atomic E-state index is 5.78. The zero-order chi connectivity index (χ0) is 13.1. The van der Waals surface area contributed by atoms with E-state index in [2.05, 4.69) is 25.9 Å². The number of ether oxygens (including phenoxy) is 1. The van der Waals surface area contributed by atoms with Gasteiger partial charge in [0.05, 0.1) is 0 Å². The maximum Gasteiger partial charge on any atom is 0.132 e. The van der Waals surface area contributed by atoms with E-state index < -0.39 is 0 Å². The molecule has 0 fully saturated rings. The van der Waals surface area contributed by atoms with Gasteiger partial charge in [0.2, 0.25) is 0 Å². The fourth-order valence-electron chi connectivity index (χ4n) is 2.22. The molecule has 0 aliphatic heterocycles. The highest BCUT2D eigenvalue weighted by Gasteiger charge is 2.16. The summed E-state index contributed by atoms with van der Waals surface area (Å²) in [5.74, 6) is 1.35. The number of para-hydroxylation sites is 1. The van der Waals surface area contributed by atoms with Gasteiger partial charge >= 0.3 is 0 Å². The highest BCUT2D eigenvalue weighted by molar-refractivity contribution is 5.29. The van der Waals surface area contributed by atoms with Crippen molar-refractivity contribution in [2.45, 2.75) is 33.3 Å². The van der Waals surface area contributed by atoms with Crippen LogP contribution >= 0.6 is 0 Å². The number of aryl methyl sites for hydroxylation is 1. The molecule has 3 heteroatoms. The molecule has 96 valence electrons. The molecule has 1 aromatic heterocycles. The average Bonchev–Trinajstić information content (AvgIpc) is 2.64. The zero-order valence-electron chi connectivity index (χ0n) is 11.5. The number of hydrogen-bond acceptors (Lipinski definition) is 2.